The lowest BCUT2D eigenvalue weighted by molar-refractivity contribution is 0.0996. The number of nitrogens with zero attached hydrogens (tertiary/aromatic N) is 2. The summed E-state index contributed by atoms with van der Waals surface area (Å²) in [6, 6.07) is 3.67. The fraction of sp³-hybridized carbons (Fsp3) is 0.500. The Labute approximate surface area is 106 Å². The highest BCUT2D eigenvalue weighted by molar-refractivity contribution is 5.91. The summed E-state index contributed by atoms with van der Waals surface area (Å²) >= 11 is 0. The molecule has 0 saturated carbocycles. The molecule has 1 aliphatic rings. The number of hydrogen-bond acceptors (Lipinski definition) is 5. The number of nitrogens with two attached hydrogens (primary N) is 2. The molecule has 2 heterocycles. The molecule has 1 aromatic rings. The van der Waals surface area contributed by atoms with E-state index in [9.17, 15) is 4.79 Å². The summed E-state index contributed by atoms with van der Waals surface area (Å²) in [5, 5.41) is 3.20. The van der Waals surface area contributed by atoms with Crippen LogP contribution >= 0.6 is 0 Å². The van der Waals surface area contributed by atoms with Crippen molar-refractivity contribution in [3.05, 3.63) is 17.8 Å². The zero-order valence-corrected chi connectivity index (χ0v) is 10.5. The summed E-state index contributed by atoms with van der Waals surface area (Å²) in [6.07, 6.45) is 2.38. The van der Waals surface area contributed by atoms with Crippen molar-refractivity contribution in [1.82, 2.24) is 9.88 Å². The van der Waals surface area contributed by atoms with Gasteiger partial charge in [0.2, 0.25) is 0 Å². The third-order valence-corrected chi connectivity index (χ3v) is 3.36. The number of nitrogens with one attached hydrogen (secondary N) is 1. The van der Waals surface area contributed by atoms with Crippen molar-refractivity contribution in [3.63, 3.8) is 0 Å². The van der Waals surface area contributed by atoms with E-state index in [1.54, 1.807) is 6.07 Å². The number of amides is 1. The zero-order chi connectivity index (χ0) is 13.1. The second-order valence-electron chi connectivity index (χ2n) is 4.66. The van der Waals surface area contributed by atoms with Crippen molar-refractivity contribution in [2.24, 2.45) is 5.73 Å². The van der Waals surface area contributed by atoms with Crippen molar-refractivity contribution < 1.29 is 4.79 Å². The number of likely N-dealkylation sites (N-methyl/N-ethyl adjacent to an activating group) is 1. The van der Waals surface area contributed by atoms with Gasteiger partial charge in [-0.2, -0.15) is 0 Å². The highest BCUT2D eigenvalue weighted by atomic mass is 16.1. The number of primary amides is 1. The lowest BCUT2D eigenvalue weighted by atomic mass is 10.2. The molecule has 0 bridgehead atoms. The van der Waals surface area contributed by atoms with E-state index in [4.69, 9.17) is 11.5 Å². The summed E-state index contributed by atoms with van der Waals surface area (Å²) < 4.78 is 0. The van der Waals surface area contributed by atoms with Crippen LogP contribution in [0.25, 0.3) is 0 Å². The number of nitrogen functional groups attached to an aromatic ring is 1. The number of pyridine rings is 1. The summed E-state index contributed by atoms with van der Waals surface area (Å²) in [6.45, 7) is 1.90. The van der Waals surface area contributed by atoms with Crippen LogP contribution in [-0.4, -0.2) is 42.0 Å². The van der Waals surface area contributed by atoms with Crippen molar-refractivity contribution >= 4 is 17.4 Å². The van der Waals surface area contributed by atoms with E-state index < -0.39 is 5.91 Å². The lowest BCUT2D eigenvalue weighted by Crippen LogP contribution is -2.32. The molecule has 1 atom stereocenters. The Morgan fingerprint density at radius 3 is 3.00 bits per heavy atom. The third-order valence-electron chi connectivity index (χ3n) is 3.36. The molecule has 0 radical (unpaired) electrons. The number of aromatic nitrogens is 1. The molecule has 1 fully saturated rings. The van der Waals surface area contributed by atoms with E-state index in [-0.39, 0.29) is 5.69 Å². The highest BCUT2D eigenvalue weighted by Gasteiger charge is 2.20. The molecular formula is C12H19N5O. The van der Waals surface area contributed by atoms with Crippen molar-refractivity contribution in [2.45, 2.75) is 18.9 Å². The van der Waals surface area contributed by atoms with Gasteiger partial charge in [-0.05, 0) is 38.6 Å². The Bertz CT molecular complexity index is 448. The molecule has 6 heteroatoms. The molecule has 6 nitrogen and oxygen atoms in total. The largest absolute Gasteiger partial charge is 0.396 e. The molecule has 18 heavy (non-hydrogen) atoms. The molecule has 1 unspecified atom stereocenters. The quantitative estimate of drug-likeness (QED) is 0.711. The van der Waals surface area contributed by atoms with Gasteiger partial charge >= 0.3 is 0 Å². The average molecular weight is 249 g/mol. The Balaban J connectivity index is 2.04. The van der Waals surface area contributed by atoms with Crippen LogP contribution in [-0.2, 0) is 0 Å². The number of carbonyl (C=O) groups is 1. The summed E-state index contributed by atoms with van der Waals surface area (Å²) in [5.41, 5.74) is 11.8. The second-order valence-corrected chi connectivity index (χ2v) is 4.66. The monoisotopic (exact) mass is 249 g/mol. The average Bonchev–Trinajstić information content (AvgIpc) is 2.73. The molecule has 1 amide bonds. The maximum atomic E-state index is 11.1. The maximum absolute atomic E-state index is 11.1. The van der Waals surface area contributed by atoms with Gasteiger partial charge in [-0.25, -0.2) is 4.98 Å². The van der Waals surface area contributed by atoms with Crippen LogP contribution in [0, 0.1) is 0 Å². The number of hydrogen-bond donors (Lipinski definition) is 3. The fourth-order valence-corrected chi connectivity index (χ4v) is 2.20. The topological polar surface area (TPSA) is 97.3 Å². The van der Waals surface area contributed by atoms with Crippen LogP contribution in [0.2, 0.25) is 0 Å². The van der Waals surface area contributed by atoms with Crippen LogP contribution < -0.4 is 16.8 Å². The third kappa shape index (κ3) is 2.70. The van der Waals surface area contributed by atoms with Crippen LogP contribution in [0.1, 0.15) is 23.3 Å². The summed E-state index contributed by atoms with van der Waals surface area (Å²) in [5.74, 6) is -0.0114. The van der Waals surface area contributed by atoms with Crippen LogP contribution in [0.15, 0.2) is 12.1 Å². The van der Waals surface area contributed by atoms with Gasteiger partial charge in [0.05, 0.1) is 5.69 Å². The van der Waals surface area contributed by atoms with Gasteiger partial charge in [0.1, 0.15) is 11.5 Å². The van der Waals surface area contributed by atoms with Crippen LogP contribution in [0.4, 0.5) is 11.5 Å². The molecule has 0 aliphatic carbocycles. The minimum Gasteiger partial charge on any atom is -0.396 e. The highest BCUT2D eigenvalue weighted by Crippen LogP contribution is 2.19. The minimum absolute atomic E-state index is 0.228. The van der Waals surface area contributed by atoms with Crippen LogP contribution in [0.5, 0.6) is 0 Å². The van der Waals surface area contributed by atoms with E-state index >= 15 is 0 Å². The molecule has 1 aromatic heterocycles. The first-order valence-corrected chi connectivity index (χ1v) is 6.08. The van der Waals surface area contributed by atoms with Gasteiger partial charge in [0.25, 0.3) is 5.91 Å². The first-order chi connectivity index (χ1) is 8.58. The molecule has 98 valence electrons. The Kier molecular flexibility index (Phi) is 3.66. The second kappa shape index (κ2) is 5.22. The fourth-order valence-electron chi connectivity index (χ4n) is 2.20. The van der Waals surface area contributed by atoms with Crippen molar-refractivity contribution in [1.29, 1.82) is 0 Å². The standard InChI is InChI=1S/C12H19N5O/c1-17-6-2-3-8(17)7-15-12-9(13)4-5-10(16-12)11(14)18/h4-5,8H,2-3,6-7,13H2,1H3,(H2,14,18)(H,15,16). The first kappa shape index (κ1) is 12.6. The molecule has 1 saturated heterocycles. The van der Waals surface area contributed by atoms with E-state index in [0.717, 1.165) is 13.1 Å². The number of likely N-dealkylation sites (tertiary alicyclic amines) is 1. The molecular weight excluding hydrogens is 230 g/mol. The van der Waals surface area contributed by atoms with Crippen molar-refractivity contribution in [2.75, 3.05) is 31.2 Å². The number of carbonyl (C=O) groups excluding carboxylic acids is 1. The summed E-state index contributed by atoms with van der Waals surface area (Å²) in [7, 11) is 2.11. The van der Waals surface area contributed by atoms with E-state index in [1.165, 1.54) is 18.9 Å². The Hall–Kier alpha value is -1.82. The SMILES string of the molecule is CN1CCCC1CNc1nc(C(N)=O)ccc1N. The Morgan fingerprint density at radius 1 is 1.61 bits per heavy atom. The number of rotatable bonds is 4. The van der Waals surface area contributed by atoms with E-state index in [1.807, 2.05) is 0 Å². The molecule has 0 spiro atoms. The predicted molar refractivity (Wildman–Crippen MR) is 71.3 cm³/mol. The summed E-state index contributed by atoms with van der Waals surface area (Å²) in [4.78, 5) is 17.5. The Morgan fingerprint density at radius 2 is 2.39 bits per heavy atom. The molecule has 5 N–H and O–H groups in total. The zero-order valence-electron chi connectivity index (χ0n) is 10.5. The molecule has 2 rings (SSSR count). The predicted octanol–water partition coefficient (Wildman–Crippen LogP) is 0.269. The van der Waals surface area contributed by atoms with Crippen LogP contribution in [0.3, 0.4) is 0 Å². The number of anilines is 2. The van der Waals surface area contributed by atoms with Gasteiger partial charge in [0, 0.05) is 12.6 Å². The smallest absolute Gasteiger partial charge is 0.267 e. The maximum Gasteiger partial charge on any atom is 0.267 e. The van der Waals surface area contributed by atoms with Gasteiger partial charge in [-0.1, -0.05) is 0 Å². The van der Waals surface area contributed by atoms with E-state index in [0.29, 0.717) is 17.5 Å². The van der Waals surface area contributed by atoms with Gasteiger partial charge in [-0.15, -0.1) is 0 Å². The lowest BCUT2D eigenvalue weighted by Gasteiger charge is -2.20. The normalized spacial score (nSPS) is 19.9. The minimum atomic E-state index is -0.545. The van der Waals surface area contributed by atoms with Gasteiger partial charge in [-0.3, -0.25) is 4.79 Å². The first-order valence-electron chi connectivity index (χ1n) is 6.08. The van der Waals surface area contributed by atoms with Gasteiger partial charge in [0.15, 0.2) is 0 Å². The van der Waals surface area contributed by atoms with Crippen molar-refractivity contribution in [3.8, 4) is 0 Å². The van der Waals surface area contributed by atoms with E-state index in [2.05, 4.69) is 22.2 Å². The molecule has 1 aliphatic heterocycles. The van der Waals surface area contributed by atoms with Gasteiger partial charge < -0.3 is 21.7 Å². The molecule has 0 aromatic carbocycles.